The summed E-state index contributed by atoms with van der Waals surface area (Å²) in [4.78, 5) is 28.6. The maximum absolute atomic E-state index is 12.0. The largest absolute Gasteiger partial charge is 0.452 e. The van der Waals surface area contributed by atoms with Gasteiger partial charge in [-0.3, -0.25) is 9.59 Å². The van der Waals surface area contributed by atoms with Gasteiger partial charge in [-0.25, -0.2) is 4.98 Å². The lowest BCUT2D eigenvalue weighted by Crippen LogP contribution is -2.30. The highest BCUT2D eigenvalue weighted by Crippen LogP contribution is 2.21. The molecule has 126 valence electrons. The Morgan fingerprint density at radius 1 is 1.25 bits per heavy atom. The number of rotatable bonds is 6. The van der Waals surface area contributed by atoms with E-state index in [1.165, 1.54) is 24.9 Å². The zero-order valence-corrected chi connectivity index (χ0v) is 15.0. The highest BCUT2D eigenvalue weighted by Gasteiger charge is 2.19. The fraction of sp³-hybridized carbons (Fsp3) is 0.188. The molecule has 0 aliphatic carbocycles. The van der Waals surface area contributed by atoms with Gasteiger partial charge in [-0.15, -0.1) is 11.8 Å². The molecule has 24 heavy (non-hydrogen) atoms. The molecule has 0 fully saturated rings. The van der Waals surface area contributed by atoms with Crippen molar-refractivity contribution in [2.45, 2.75) is 17.9 Å². The molecule has 0 aliphatic heterocycles. The van der Waals surface area contributed by atoms with Crippen molar-refractivity contribution >= 4 is 52.5 Å². The van der Waals surface area contributed by atoms with Gasteiger partial charge in [0.1, 0.15) is 0 Å². The van der Waals surface area contributed by atoms with Crippen LogP contribution in [-0.2, 0) is 14.3 Å². The predicted octanol–water partition coefficient (Wildman–Crippen LogP) is 4.05. The van der Waals surface area contributed by atoms with Crippen LogP contribution in [0.2, 0.25) is 10.2 Å². The molecule has 0 radical (unpaired) electrons. The monoisotopic (exact) mass is 384 g/mol. The minimum atomic E-state index is -0.945. The normalized spacial score (nSPS) is 11.6. The first-order valence-electron chi connectivity index (χ1n) is 6.95. The number of nitrogens with zero attached hydrogens (tertiary/aromatic N) is 1. The summed E-state index contributed by atoms with van der Waals surface area (Å²) >= 11 is 13.0. The zero-order valence-electron chi connectivity index (χ0n) is 12.7. The molecule has 5 nitrogen and oxygen atoms in total. The van der Waals surface area contributed by atoms with Crippen LogP contribution < -0.4 is 5.32 Å². The van der Waals surface area contributed by atoms with E-state index < -0.39 is 18.0 Å². The second kappa shape index (κ2) is 8.92. The second-order valence-electron chi connectivity index (χ2n) is 4.71. The quantitative estimate of drug-likeness (QED) is 0.462. The van der Waals surface area contributed by atoms with Crippen molar-refractivity contribution in [3.05, 3.63) is 52.8 Å². The number of carbonyl (C=O) groups excluding carboxylic acids is 2. The Kier molecular flexibility index (Phi) is 6.90. The van der Waals surface area contributed by atoms with Crippen molar-refractivity contribution in [2.75, 3.05) is 11.1 Å². The van der Waals surface area contributed by atoms with E-state index in [2.05, 4.69) is 10.3 Å². The molecule has 1 heterocycles. The van der Waals surface area contributed by atoms with Gasteiger partial charge in [0.25, 0.3) is 5.91 Å². The molecule has 0 aliphatic rings. The third-order valence-electron chi connectivity index (χ3n) is 2.86. The van der Waals surface area contributed by atoms with Gasteiger partial charge in [0, 0.05) is 16.1 Å². The fourth-order valence-corrected chi connectivity index (χ4v) is 2.65. The summed E-state index contributed by atoms with van der Waals surface area (Å²) in [5.41, 5.74) is 0.364. The maximum atomic E-state index is 12.0. The molecular weight excluding hydrogens is 371 g/mol. The number of hydrogen-bond donors (Lipinski definition) is 1. The van der Waals surface area contributed by atoms with Crippen LogP contribution in [0.4, 0.5) is 5.69 Å². The standard InChI is InChI=1S/C16H14Cl2N2O3S/c1-10(16(22)20-13-3-2-8-19-15(13)18)23-14(21)9-24-12-6-4-11(17)5-7-12/h2-8,10H,9H2,1H3,(H,20,22). The number of pyridine rings is 1. The molecule has 1 aromatic heterocycles. The van der Waals surface area contributed by atoms with Crippen molar-refractivity contribution in [2.24, 2.45) is 0 Å². The first-order valence-corrected chi connectivity index (χ1v) is 8.69. The van der Waals surface area contributed by atoms with Crippen molar-refractivity contribution in [3.63, 3.8) is 0 Å². The van der Waals surface area contributed by atoms with Gasteiger partial charge in [0.15, 0.2) is 11.3 Å². The van der Waals surface area contributed by atoms with Gasteiger partial charge in [-0.1, -0.05) is 23.2 Å². The van der Waals surface area contributed by atoms with Crippen molar-refractivity contribution in [1.82, 2.24) is 4.98 Å². The number of aromatic nitrogens is 1. The van der Waals surface area contributed by atoms with Gasteiger partial charge in [0.2, 0.25) is 0 Å². The molecule has 1 N–H and O–H groups in total. The van der Waals surface area contributed by atoms with E-state index in [1.807, 2.05) is 0 Å². The van der Waals surface area contributed by atoms with Crippen LogP contribution >= 0.6 is 35.0 Å². The van der Waals surface area contributed by atoms with E-state index in [1.54, 1.807) is 36.4 Å². The van der Waals surface area contributed by atoms with E-state index >= 15 is 0 Å². The summed E-state index contributed by atoms with van der Waals surface area (Å²) in [6.07, 6.45) is 0.565. The number of hydrogen-bond acceptors (Lipinski definition) is 5. The zero-order chi connectivity index (χ0) is 17.5. The SMILES string of the molecule is CC(OC(=O)CSc1ccc(Cl)cc1)C(=O)Nc1cccnc1Cl. The summed E-state index contributed by atoms with van der Waals surface area (Å²) < 4.78 is 5.11. The number of ether oxygens (including phenoxy) is 1. The van der Waals surface area contributed by atoms with Crippen LogP contribution in [0.1, 0.15) is 6.92 Å². The summed E-state index contributed by atoms with van der Waals surface area (Å²) in [6, 6.07) is 10.3. The number of anilines is 1. The Labute approximate surface area is 153 Å². The Bertz CT molecular complexity index is 726. The first-order chi connectivity index (χ1) is 11.5. The predicted molar refractivity (Wildman–Crippen MR) is 95.6 cm³/mol. The van der Waals surface area contributed by atoms with E-state index in [9.17, 15) is 9.59 Å². The highest BCUT2D eigenvalue weighted by molar-refractivity contribution is 8.00. The molecule has 0 saturated carbocycles. The number of nitrogens with one attached hydrogen (secondary N) is 1. The van der Waals surface area contributed by atoms with Crippen molar-refractivity contribution in [3.8, 4) is 0 Å². The number of thioether (sulfide) groups is 1. The van der Waals surface area contributed by atoms with E-state index in [0.29, 0.717) is 10.7 Å². The maximum Gasteiger partial charge on any atom is 0.317 e. The highest BCUT2D eigenvalue weighted by atomic mass is 35.5. The molecule has 8 heteroatoms. The number of carbonyl (C=O) groups is 2. The Hall–Kier alpha value is -1.76. The average molecular weight is 385 g/mol. The van der Waals surface area contributed by atoms with Crippen LogP contribution in [0.3, 0.4) is 0 Å². The summed E-state index contributed by atoms with van der Waals surface area (Å²) in [6.45, 7) is 1.49. The van der Waals surface area contributed by atoms with Gasteiger partial charge < -0.3 is 10.1 Å². The fourth-order valence-electron chi connectivity index (χ4n) is 1.67. The lowest BCUT2D eigenvalue weighted by atomic mass is 10.3. The molecule has 0 spiro atoms. The lowest BCUT2D eigenvalue weighted by molar-refractivity contribution is -0.150. The van der Waals surface area contributed by atoms with Crippen LogP contribution in [0.25, 0.3) is 0 Å². The lowest BCUT2D eigenvalue weighted by Gasteiger charge is -2.13. The minimum Gasteiger partial charge on any atom is -0.452 e. The van der Waals surface area contributed by atoms with Crippen LogP contribution in [0.15, 0.2) is 47.5 Å². The minimum absolute atomic E-state index is 0.0902. The summed E-state index contributed by atoms with van der Waals surface area (Å²) in [7, 11) is 0. The van der Waals surface area contributed by atoms with E-state index in [0.717, 1.165) is 4.90 Å². The number of halogens is 2. The Morgan fingerprint density at radius 2 is 1.96 bits per heavy atom. The van der Waals surface area contributed by atoms with Gasteiger partial charge in [0.05, 0.1) is 11.4 Å². The molecule has 1 aromatic carbocycles. The Morgan fingerprint density at radius 3 is 2.62 bits per heavy atom. The van der Waals surface area contributed by atoms with Gasteiger partial charge >= 0.3 is 5.97 Å². The number of esters is 1. The number of amides is 1. The van der Waals surface area contributed by atoms with Crippen molar-refractivity contribution < 1.29 is 14.3 Å². The summed E-state index contributed by atoms with van der Waals surface area (Å²) in [5, 5.41) is 3.36. The molecule has 0 bridgehead atoms. The third kappa shape index (κ3) is 5.70. The molecule has 2 rings (SSSR count). The smallest absolute Gasteiger partial charge is 0.317 e. The molecule has 0 saturated heterocycles. The average Bonchev–Trinajstić information content (AvgIpc) is 2.56. The second-order valence-corrected chi connectivity index (χ2v) is 6.55. The molecule has 2 aromatic rings. The third-order valence-corrected chi connectivity index (χ3v) is 4.40. The Balaban J connectivity index is 1.81. The van der Waals surface area contributed by atoms with Gasteiger partial charge in [-0.2, -0.15) is 0 Å². The van der Waals surface area contributed by atoms with Gasteiger partial charge in [-0.05, 0) is 43.3 Å². The summed E-state index contributed by atoms with van der Waals surface area (Å²) in [5.74, 6) is -0.878. The van der Waals surface area contributed by atoms with E-state index in [-0.39, 0.29) is 10.9 Å². The van der Waals surface area contributed by atoms with Crippen LogP contribution in [-0.4, -0.2) is 28.7 Å². The molecular formula is C16H14Cl2N2O3S. The number of benzene rings is 1. The van der Waals surface area contributed by atoms with Crippen molar-refractivity contribution in [1.29, 1.82) is 0 Å². The molecule has 1 atom stereocenters. The first kappa shape index (κ1) is 18.6. The molecule has 1 unspecified atom stereocenters. The van der Waals surface area contributed by atoms with Crippen LogP contribution in [0.5, 0.6) is 0 Å². The molecule has 1 amide bonds. The van der Waals surface area contributed by atoms with Crippen LogP contribution in [0, 0.1) is 0 Å². The topological polar surface area (TPSA) is 68.3 Å². The van der Waals surface area contributed by atoms with E-state index in [4.69, 9.17) is 27.9 Å².